The van der Waals surface area contributed by atoms with Gasteiger partial charge in [-0.3, -0.25) is 9.59 Å². The minimum absolute atomic E-state index is 0.0786. The lowest BCUT2D eigenvalue weighted by atomic mass is 10.2. The molecule has 2 fully saturated rings. The lowest BCUT2D eigenvalue weighted by molar-refractivity contribution is -0.135. The predicted molar refractivity (Wildman–Crippen MR) is 79.9 cm³/mol. The number of fused-ring (bicyclic) bond motifs is 1. The van der Waals surface area contributed by atoms with Crippen molar-refractivity contribution in [2.45, 2.75) is 30.2 Å². The van der Waals surface area contributed by atoms with Crippen molar-refractivity contribution in [3.63, 3.8) is 0 Å². The average Bonchev–Trinajstić information content (AvgIpc) is 2.93. The summed E-state index contributed by atoms with van der Waals surface area (Å²) in [5, 5.41) is 0. The summed E-state index contributed by atoms with van der Waals surface area (Å²) in [6.45, 7) is 1.22. The number of carbonyl (C=O) groups is 2. The van der Waals surface area contributed by atoms with Crippen LogP contribution >= 0.6 is 11.8 Å². The zero-order chi connectivity index (χ0) is 14.1. The lowest BCUT2D eigenvalue weighted by Gasteiger charge is -2.26. The number of amides is 2. The smallest absolute Gasteiger partial charge is 0.249 e. The van der Waals surface area contributed by atoms with Crippen molar-refractivity contribution in [1.82, 2.24) is 4.90 Å². The van der Waals surface area contributed by atoms with E-state index in [1.165, 1.54) is 0 Å². The molecule has 2 aliphatic heterocycles. The van der Waals surface area contributed by atoms with Gasteiger partial charge in [0.2, 0.25) is 11.8 Å². The number of thioether (sulfide) groups is 1. The van der Waals surface area contributed by atoms with Gasteiger partial charge in [-0.2, -0.15) is 0 Å². The van der Waals surface area contributed by atoms with Gasteiger partial charge in [-0.25, -0.2) is 0 Å². The third-order valence-corrected chi connectivity index (χ3v) is 4.83. The molecule has 2 heterocycles. The summed E-state index contributed by atoms with van der Waals surface area (Å²) in [6.07, 6.45) is 4.15. The van der Waals surface area contributed by atoms with Crippen LogP contribution in [-0.2, 0) is 9.59 Å². The summed E-state index contributed by atoms with van der Waals surface area (Å²) in [6, 6.07) is 7.66. The second kappa shape index (κ2) is 5.48. The first kappa shape index (κ1) is 13.5. The Balaban J connectivity index is 1.97. The van der Waals surface area contributed by atoms with Gasteiger partial charge in [-0.05, 0) is 31.2 Å². The van der Waals surface area contributed by atoms with E-state index in [-0.39, 0.29) is 17.9 Å². The molecule has 0 radical (unpaired) electrons. The molecule has 0 spiro atoms. The van der Waals surface area contributed by atoms with Gasteiger partial charge in [0.05, 0.1) is 5.69 Å². The lowest BCUT2D eigenvalue weighted by Crippen LogP contribution is -2.43. The topological polar surface area (TPSA) is 40.6 Å². The summed E-state index contributed by atoms with van der Waals surface area (Å²) in [5.74, 6) is 0.194. The van der Waals surface area contributed by atoms with Crippen LogP contribution in [-0.4, -0.2) is 42.1 Å². The van der Waals surface area contributed by atoms with E-state index >= 15 is 0 Å². The Morgan fingerprint density at radius 3 is 2.80 bits per heavy atom. The first-order valence-electron chi connectivity index (χ1n) is 6.96. The first-order valence-corrected chi connectivity index (χ1v) is 8.18. The standard InChI is InChI=1S/C15H18N2O2S/c1-20-13-7-3-2-5-11(13)17-10-8-14(18)16-9-4-6-12(16)15(17)19/h2-3,5,7,12H,4,6,8-10H2,1H3. The Morgan fingerprint density at radius 1 is 1.20 bits per heavy atom. The third kappa shape index (κ3) is 2.20. The molecule has 5 heteroatoms. The maximum atomic E-state index is 12.8. The van der Waals surface area contributed by atoms with Gasteiger partial charge in [0.25, 0.3) is 0 Å². The van der Waals surface area contributed by atoms with Crippen LogP contribution in [0.5, 0.6) is 0 Å². The van der Waals surface area contributed by atoms with Crippen molar-refractivity contribution in [2.24, 2.45) is 0 Å². The fourth-order valence-electron chi connectivity index (χ4n) is 3.06. The number of hydrogen-bond donors (Lipinski definition) is 0. The van der Waals surface area contributed by atoms with Crippen molar-refractivity contribution >= 4 is 29.3 Å². The number of benzene rings is 1. The number of nitrogens with zero attached hydrogens (tertiary/aromatic N) is 2. The van der Waals surface area contributed by atoms with E-state index in [4.69, 9.17) is 0 Å². The second-order valence-corrected chi connectivity index (χ2v) is 6.00. The highest BCUT2D eigenvalue weighted by Gasteiger charge is 2.39. The quantitative estimate of drug-likeness (QED) is 0.784. The molecule has 0 N–H and O–H groups in total. The Hall–Kier alpha value is -1.49. The molecule has 2 aliphatic rings. The molecule has 20 heavy (non-hydrogen) atoms. The zero-order valence-corrected chi connectivity index (χ0v) is 12.4. The van der Waals surface area contributed by atoms with Crippen LogP contribution in [0.3, 0.4) is 0 Å². The van der Waals surface area contributed by atoms with Crippen molar-refractivity contribution in [1.29, 1.82) is 0 Å². The van der Waals surface area contributed by atoms with E-state index < -0.39 is 0 Å². The molecule has 0 saturated carbocycles. The molecule has 1 aromatic rings. The SMILES string of the molecule is CSc1ccccc1N1CCC(=O)N2CCCC2C1=O. The van der Waals surface area contributed by atoms with Gasteiger partial charge in [0.1, 0.15) is 6.04 Å². The molecule has 2 amide bonds. The normalized spacial score (nSPS) is 22.9. The molecule has 4 nitrogen and oxygen atoms in total. The molecule has 0 aromatic heterocycles. The third-order valence-electron chi connectivity index (χ3n) is 4.05. The number of hydrogen-bond acceptors (Lipinski definition) is 3. The van der Waals surface area contributed by atoms with Crippen molar-refractivity contribution in [2.75, 3.05) is 24.2 Å². The summed E-state index contributed by atoms with van der Waals surface area (Å²) < 4.78 is 0. The first-order chi connectivity index (χ1) is 9.72. The van der Waals surface area contributed by atoms with E-state index in [1.807, 2.05) is 30.5 Å². The molecule has 3 rings (SSSR count). The molecule has 0 bridgehead atoms. The second-order valence-electron chi connectivity index (χ2n) is 5.16. The molecule has 106 valence electrons. The Morgan fingerprint density at radius 2 is 2.00 bits per heavy atom. The maximum Gasteiger partial charge on any atom is 0.249 e. The van der Waals surface area contributed by atoms with Gasteiger partial charge in [-0.15, -0.1) is 11.8 Å². The largest absolute Gasteiger partial charge is 0.331 e. The predicted octanol–water partition coefficient (Wildman–Crippen LogP) is 2.14. The van der Waals surface area contributed by atoms with Crippen LogP contribution in [0.4, 0.5) is 5.69 Å². The monoisotopic (exact) mass is 290 g/mol. The van der Waals surface area contributed by atoms with Gasteiger partial charge < -0.3 is 9.80 Å². The van der Waals surface area contributed by atoms with Gasteiger partial charge in [-0.1, -0.05) is 12.1 Å². The van der Waals surface area contributed by atoms with Gasteiger partial charge >= 0.3 is 0 Å². The summed E-state index contributed by atoms with van der Waals surface area (Å²) >= 11 is 1.63. The minimum Gasteiger partial charge on any atom is -0.331 e. The van der Waals surface area contributed by atoms with Crippen LogP contribution in [0.25, 0.3) is 0 Å². The number of rotatable bonds is 2. The molecular formula is C15H18N2O2S. The van der Waals surface area contributed by atoms with Crippen molar-refractivity contribution in [3.8, 4) is 0 Å². The highest BCUT2D eigenvalue weighted by atomic mass is 32.2. The Bertz CT molecular complexity index is 546. The van der Waals surface area contributed by atoms with E-state index in [0.717, 1.165) is 30.0 Å². The summed E-state index contributed by atoms with van der Waals surface area (Å²) in [7, 11) is 0. The average molecular weight is 290 g/mol. The molecule has 1 unspecified atom stereocenters. The fraction of sp³-hybridized carbons (Fsp3) is 0.467. The van der Waals surface area contributed by atoms with E-state index in [0.29, 0.717) is 13.0 Å². The van der Waals surface area contributed by atoms with Crippen LogP contribution in [0, 0.1) is 0 Å². The van der Waals surface area contributed by atoms with Crippen LogP contribution in [0.1, 0.15) is 19.3 Å². The Kier molecular flexibility index (Phi) is 3.70. The molecule has 1 aromatic carbocycles. The molecule has 0 aliphatic carbocycles. The van der Waals surface area contributed by atoms with Crippen LogP contribution < -0.4 is 4.90 Å². The zero-order valence-electron chi connectivity index (χ0n) is 11.5. The number of carbonyl (C=O) groups excluding carboxylic acids is 2. The van der Waals surface area contributed by atoms with Crippen molar-refractivity contribution < 1.29 is 9.59 Å². The highest BCUT2D eigenvalue weighted by molar-refractivity contribution is 7.98. The maximum absolute atomic E-state index is 12.8. The van der Waals surface area contributed by atoms with Gasteiger partial charge in [0, 0.05) is 24.4 Å². The van der Waals surface area contributed by atoms with E-state index in [1.54, 1.807) is 21.6 Å². The van der Waals surface area contributed by atoms with Crippen LogP contribution in [0.2, 0.25) is 0 Å². The van der Waals surface area contributed by atoms with E-state index in [2.05, 4.69) is 0 Å². The van der Waals surface area contributed by atoms with E-state index in [9.17, 15) is 9.59 Å². The molecular weight excluding hydrogens is 272 g/mol. The van der Waals surface area contributed by atoms with Gasteiger partial charge in [0.15, 0.2) is 0 Å². The summed E-state index contributed by atoms with van der Waals surface area (Å²) in [5.41, 5.74) is 0.937. The van der Waals surface area contributed by atoms with Crippen molar-refractivity contribution in [3.05, 3.63) is 24.3 Å². The fourth-order valence-corrected chi connectivity index (χ4v) is 3.66. The summed E-state index contributed by atoms with van der Waals surface area (Å²) in [4.78, 5) is 29.5. The molecule has 1 atom stereocenters. The minimum atomic E-state index is -0.250. The molecule has 2 saturated heterocycles. The number of para-hydroxylation sites is 1. The highest BCUT2D eigenvalue weighted by Crippen LogP contribution is 2.32. The Labute approximate surface area is 123 Å². The van der Waals surface area contributed by atoms with Crippen LogP contribution in [0.15, 0.2) is 29.2 Å². The number of anilines is 1.